The van der Waals surface area contributed by atoms with Crippen LogP contribution in [0, 0.1) is 10.1 Å². The van der Waals surface area contributed by atoms with Crippen LogP contribution in [0.1, 0.15) is 12.8 Å². The lowest BCUT2D eigenvalue weighted by Crippen LogP contribution is -2.38. The van der Waals surface area contributed by atoms with Crippen molar-refractivity contribution >= 4 is 15.7 Å². The third kappa shape index (κ3) is 2.67. The van der Waals surface area contributed by atoms with E-state index in [2.05, 4.69) is 0 Å². The molecule has 0 N–H and O–H groups in total. The molecule has 0 amide bonds. The number of nitro groups is 1. The molecule has 1 heterocycles. The third-order valence-corrected chi connectivity index (χ3v) is 5.33. The van der Waals surface area contributed by atoms with Crippen molar-refractivity contribution in [3.8, 4) is 0 Å². The molecule has 1 unspecified atom stereocenters. The highest BCUT2D eigenvalue weighted by Crippen LogP contribution is 2.31. The molecule has 1 saturated heterocycles. The minimum absolute atomic E-state index is 0.256. The standard InChI is InChI=1S/C12H16N2O5S/c1-19-9-10-5-4-8-13(10)20(17,18)12-7-3-2-6-11(12)14(15)16/h2-3,6-7,10H,4-5,8-9H2,1H3. The van der Waals surface area contributed by atoms with Gasteiger partial charge in [0.05, 0.1) is 11.5 Å². The molecular formula is C12H16N2O5S. The number of sulfonamides is 1. The van der Waals surface area contributed by atoms with Crippen LogP contribution >= 0.6 is 0 Å². The van der Waals surface area contributed by atoms with Crippen molar-refractivity contribution < 1.29 is 18.1 Å². The van der Waals surface area contributed by atoms with Gasteiger partial charge in [-0.25, -0.2) is 8.42 Å². The zero-order valence-electron chi connectivity index (χ0n) is 11.1. The Morgan fingerprint density at radius 3 is 2.80 bits per heavy atom. The number of methoxy groups -OCH3 is 1. The molecule has 8 heteroatoms. The van der Waals surface area contributed by atoms with Gasteiger partial charge in [0.15, 0.2) is 4.90 Å². The van der Waals surface area contributed by atoms with Gasteiger partial charge in [0, 0.05) is 25.8 Å². The molecule has 0 spiro atoms. The average molecular weight is 300 g/mol. The number of para-hydroxylation sites is 1. The van der Waals surface area contributed by atoms with E-state index in [4.69, 9.17) is 4.74 Å². The van der Waals surface area contributed by atoms with Crippen molar-refractivity contribution in [3.05, 3.63) is 34.4 Å². The summed E-state index contributed by atoms with van der Waals surface area (Å²) in [5.41, 5.74) is -0.393. The first-order chi connectivity index (χ1) is 9.48. The van der Waals surface area contributed by atoms with Crippen molar-refractivity contribution in [2.24, 2.45) is 0 Å². The average Bonchev–Trinajstić information content (AvgIpc) is 2.88. The second-order valence-electron chi connectivity index (χ2n) is 4.59. The van der Waals surface area contributed by atoms with Crippen molar-refractivity contribution in [1.82, 2.24) is 4.31 Å². The molecule has 0 bridgehead atoms. The maximum Gasteiger partial charge on any atom is 0.289 e. The van der Waals surface area contributed by atoms with E-state index in [1.54, 1.807) is 0 Å². The molecule has 0 radical (unpaired) electrons. The van der Waals surface area contributed by atoms with Crippen LogP contribution in [0.25, 0.3) is 0 Å². The number of rotatable bonds is 5. The van der Waals surface area contributed by atoms with Crippen molar-refractivity contribution in [1.29, 1.82) is 0 Å². The molecule has 1 aromatic rings. The Balaban J connectivity index is 2.43. The van der Waals surface area contributed by atoms with E-state index in [9.17, 15) is 18.5 Å². The summed E-state index contributed by atoms with van der Waals surface area (Å²) in [5, 5.41) is 11.0. The van der Waals surface area contributed by atoms with E-state index in [1.807, 2.05) is 0 Å². The molecule has 2 rings (SSSR count). The van der Waals surface area contributed by atoms with Crippen LogP contribution in [-0.2, 0) is 14.8 Å². The van der Waals surface area contributed by atoms with E-state index in [-0.39, 0.29) is 10.9 Å². The van der Waals surface area contributed by atoms with Crippen molar-refractivity contribution in [2.45, 2.75) is 23.8 Å². The molecule has 1 fully saturated rings. The number of hydrogen-bond acceptors (Lipinski definition) is 5. The van der Waals surface area contributed by atoms with Gasteiger partial charge < -0.3 is 4.74 Å². The first kappa shape index (κ1) is 14.9. The lowest BCUT2D eigenvalue weighted by molar-refractivity contribution is -0.387. The summed E-state index contributed by atoms with van der Waals surface area (Å²) in [4.78, 5) is 10.1. The Bertz CT molecular complexity index is 602. The SMILES string of the molecule is COCC1CCCN1S(=O)(=O)c1ccccc1[N+](=O)[O-]. The van der Waals surface area contributed by atoms with Crippen LogP contribution in [0.15, 0.2) is 29.2 Å². The van der Waals surface area contributed by atoms with Gasteiger partial charge in [-0.1, -0.05) is 12.1 Å². The van der Waals surface area contributed by atoms with E-state index < -0.39 is 20.6 Å². The molecule has 0 aliphatic carbocycles. The number of nitrogens with zero attached hydrogens (tertiary/aromatic N) is 2. The van der Waals surface area contributed by atoms with E-state index in [0.717, 1.165) is 6.42 Å². The van der Waals surface area contributed by atoms with E-state index in [1.165, 1.54) is 35.7 Å². The lowest BCUT2D eigenvalue weighted by Gasteiger charge is -2.23. The molecule has 1 aliphatic heterocycles. The van der Waals surface area contributed by atoms with Gasteiger partial charge in [0.1, 0.15) is 0 Å². The summed E-state index contributed by atoms with van der Waals surface area (Å²) >= 11 is 0. The van der Waals surface area contributed by atoms with Gasteiger partial charge in [-0.05, 0) is 18.9 Å². The Morgan fingerprint density at radius 2 is 2.15 bits per heavy atom. The van der Waals surface area contributed by atoms with Crippen LogP contribution in [0.3, 0.4) is 0 Å². The highest BCUT2D eigenvalue weighted by Gasteiger charge is 2.38. The van der Waals surface area contributed by atoms with Crippen LogP contribution < -0.4 is 0 Å². The van der Waals surface area contributed by atoms with E-state index in [0.29, 0.717) is 19.6 Å². The summed E-state index contributed by atoms with van der Waals surface area (Å²) < 4.78 is 31.6. The summed E-state index contributed by atoms with van der Waals surface area (Å²) in [6, 6.07) is 5.16. The zero-order chi connectivity index (χ0) is 14.8. The fraction of sp³-hybridized carbons (Fsp3) is 0.500. The maximum absolute atomic E-state index is 12.6. The van der Waals surface area contributed by atoms with Gasteiger partial charge in [0.2, 0.25) is 10.0 Å². The van der Waals surface area contributed by atoms with Crippen LogP contribution in [-0.4, -0.2) is 43.9 Å². The number of nitro benzene ring substituents is 1. The minimum atomic E-state index is -3.87. The summed E-state index contributed by atoms with van der Waals surface area (Å²) in [6.07, 6.45) is 1.43. The largest absolute Gasteiger partial charge is 0.383 e. The first-order valence-electron chi connectivity index (χ1n) is 6.22. The van der Waals surface area contributed by atoms with E-state index >= 15 is 0 Å². The predicted octanol–water partition coefficient (Wildman–Crippen LogP) is 1.39. The van der Waals surface area contributed by atoms with Crippen molar-refractivity contribution in [2.75, 3.05) is 20.3 Å². The van der Waals surface area contributed by atoms with Gasteiger partial charge in [-0.15, -0.1) is 0 Å². The Hall–Kier alpha value is -1.51. The highest BCUT2D eigenvalue weighted by atomic mass is 32.2. The summed E-state index contributed by atoms with van der Waals surface area (Å²) in [5.74, 6) is 0. The maximum atomic E-state index is 12.6. The van der Waals surface area contributed by atoms with Gasteiger partial charge >= 0.3 is 0 Å². The fourth-order valence-corrected chi connectivity index (χ4v) is 4.28. The van der Waals surface area contributed by atoms with Crippen LogP contribution in [0.4, 0.5) is 5.69 Å². The quantitative estimate of drug-likeness (QED) is 0.605. The highest BCUT2D eigenvalue weighted by molar-refractivity contribution is 7.89. The molecule has 1 aromatic carbocycles. The Labute approximate surface area is 117 Å². The van der Waals surface area contributed by atoms with Gasteiger partial charge in [-0.2, -0.15) is 4.31 Å². The number of benzene rings is 1. The second kappa shape index (κ2) is 5.86. The molecule has 20 heavy (non-hydrogen) atoms. The fourth-order valence-electron chi connectivity index (χ4n) is 2.44. The number of hydrogen-bond donors (Lipinski definition) is 0. The summed E-state index contributed by atoms with van der Waals surface area (Å²) in [6.45, 7) is 0.655. The first-order valence-corrected chi connectivity index (χ1v) is 7.66. The normalized spacial score (nSPS) is 20.1. The smallest absolute Gasteiger partial charge is 0.289 e. The summed E-state index contributed by atoms with van der Waals surface area (Å²) in [7, 11) is -2.37. The molecular weight excluding hydrogens is 284 g/mol. The third-order valence-electron chi connectivity index (χ3n) is 3.33. The zero-order valence-corrected chi connectivity index (χ0v) is 11.9. The lowest BCUT2D eigenvalue weighted by atomic mass is 10.2. The minimum Gasteiger partial charge on any atom is -0.383 e. The Morgan fingerprint density at radius 1 is 1.45 bits per heavy atom. The molecule has 7 nitrogen and oxygen atoms in total. The molecule has 1 aliphatic rings. The van der Waals surface area contributed by atoms with Crippen molar-refractivity contribution in [3.63, 3.8) is 0 Å². The molecule has 0 aromatic heterocycles. The van der Waals surface area contributed by atoms with Crippen LogP contribution in [0.5, 0.6) is 0 Å². The molecule has 110 valence electrons. The molecule has 0 saturated carbocycles. The molecule has 1 atom stereocenters. The van der Waals surface area contributed by atoms with Gasteiger partial charge in [0.25, 0.3) is 5.69 Å². The Kier molecular flexibility index (Phi) is 4.36. The number of ether oxygens (including phenoxy) is 1. The van der Waals surface area contributed by atoms with Crippen LogP contribution in [0.2, 0.25) is 0 Å². The monoisotopic (exact) mass is 300 g/mol. The predicted molar refractivity (Wildman–Crippen MR) is 71.9 cm³/mol. The van der Waals surface area contributed by atoms with Gasteiger partial charge in [-0.3, -0.25) is 10.1 Å². The second-order valence-corrected chi connectivity index (χ2v) is 6.45. The topological polar surface area (TPSA) is 89.8 Å².